The van der Waals surface area contributed by atoms with Crippen molar-refractivity contribution in [2.75, 3.05) is 7.11 Å². The summed E-state index contributed by atoms with van der Waals surface area (Å²) in [5.41, 5.74) is 0.562. The standard InChI is InChI=1S/C20H27F2N3O4/c1-12(2)25(14-6-4-5-7-15(14)26)11-18-23-19(24-29-18)13-8-9-16(28-20(21)22)17(10-13)27-3/h8-10,12,14-15,20,26H,4-7,11H2,1-3H3/t14-,15-/m0/s1. The van der Waals surface area contributed by atoms with Crippen molar-refractivity contribution in [3.63, 3.8) is 0 Å². The molecular weight excluding hydrogens is 384 g/mol. The minimum atomic E-state index is -2.94. The summed E-state index contributed by atoms with van der Waals surface area (Å²) in [6.45, 7) is 1.63. The Bertz CT molecular complexity index is 800. The van der Waals surface area contributed by atoms with Crippen LogP contribution >= 0.6 is 0 Å². The molecule has 1 aliphatic carbocycles. The molecule has 1 aromatic heterocycles. The van der Waals surface area contributed by atoms with E-state index in [1.165, 1.54) is 19.2 Å². The van der Waals surface area contributed by atoms with Gasteiger partial charge in [0, 0.05) is 17.6 Å². The molecule has 1 N–H and O–H groups in total. The third-order valence-corrected chi connectivity index (χ3v) is 5.21. The van der Waals surface area contributed by atoms with Crippen LogP contribution in [0.4, 0.5) is 8.78 Å². The lowest BCUT2D eigenvalue weighted by atomic mass is 9.90. The number of rotatable bonds is 8. The van der Waals surface area contributed by atoms with Crippen LogP contribution in [0.25, 0.3) is 11.4 Å². The van der Waals surface area contributed by atoms with E-state index < -0.39 is 6.61 Å². The van der Waals surface area contributed by atoms with Crippen LogP contribution in [-0.4, -0.2) is 52.1 Å². The summed E-state index contributed by atoms with van der Waals surface area (Å²) in [6, 6.07) is 4.74. The zero-order chi connectivity index (χ0) is 21.0. The summed E-state index contributed by atoms with van der Waals surface area (Å²) in [4.78, 5) is 6.62. The molecule has 0 bridgehead atoms. The summed E-state index contributed by atoms with van der Waals surface area (Å²) in [6.07, 6.45) is 3.51. The van der Waals surface area contributed by atoms with Gasteiger partial charge >= 0.3 is 6.61 Å². The van der Waals surface area contributed by atoms with E-state index in [0.29, 0.717) is 23.8 Å². The van der Waals surface area contributed by atoms with Crippen molar-refractivity contribution in [1.29, 1.82) is 0 Å². The number of aliphatic hydroxyl groups excluding tert-OH is 1. The molecule has 0 spiro atoms. The number of benzene rings is 1. The summed E-state index contributed by atoms with van der Waals surface area (Å²) in [5, 5.41) is 14.4. The highest BCUT2D eigenvalue weighted by molar-refractivity contribution is 5.60. The molecule has 1 heterocycles. The molecule has 0 radical (unpaired) electrons. The van der Waals surface area contributed by atoms with E-state index in [1.807, 2.05) is 0 Å². The number of aromatic nitrogens is 2. The van der Waals surface area contributed by atoms with E-state index in [2.05, 4.69) is 33.6 Å². The van der Waals surface area contributed by atoms with Crippen molar-refractivity contribution in [1.82, 2.24) is 15.0 Å². The molecule has 0 aliphatic heterocycles. The largest absolute Gasteiger partial charge is 0.493 e. The second-order valence-corrected chi connectivity index (χ2v) is 7.44. The lowest BCUT2D eigenvalue weighted by molar-refractivity contribution is -0.0512. The number of hydrogen-bond donors (Lipinski definition) is 1. The maximum atomic E-state index is 12.5. The predicted molar refractivity (Wildman–Crippen MR) is 102 cm³/mol. The van der Waals surface area contributed by atoms with Gasteiger partial charge in [0.05, 0.1) is 19.8 Å². The number of halogens is 2. The van der Waals surface area contributed by atoms with Crippen LogP contribution < -0.4 is 9.47 Å². The second kappa shape index (κ2) is 9.49. The van der Waals surface area contributed by atoms with Crippen molar-refractivity contribution in [3.05, 3.63) is 24.1 Å². The van der Waals surface area contributed by atoms with Crippen molar-refractivity contribution in [2.45, 2.75) is 70.9 Å². The molecule has 0 saturated heterocycles. The Balaban J connectivity index is 1.77. The molecule has 9 heteroatoms. The van der Waals surface area contributed by atoms with Gasteiger partial charge in [-0.3, -0.25) is 4.90 Å². The Morgan fingerprint density at radius 2 is 2.00 bits per heavy atom. The third kappa shape index (κ3) is 5.22. The molecule has 0 amide bonds. The monoisotopic (exact) mass is 411 g/mol. The van der Waals surface area contributed by atoms with Gasteiger partial charge in [0.2, 0.25) is 11.7 Å². The zero-order valence-electron chi connectivity index (χ0n) is 16.8. The average molecular weight is 411 g/mol. The molecular formula is C20H27F2N3O4. The van der Waals surface area contributed by atoms with Gasteiger partial charge in [-0.05, 0) is 44.9 Å². The fraction of sp³-hybridized carbons (Fsp3) is 0.600. The number of hydrogen-bond acceptors (Lipinski definition) is 7. The lowest BCUT2D eigenvalue weighted by Crippen LogP contribution is -2.48. The number of alkyl halides is 2. The van der Waals surface area contributed by atoms with Crippen molar-refractivity contribution in [3.8, 4) is 22.9 Å². The van der Waals surface area contributed by atoms with Crippen LogP contribution in [0.5, 0.6) is 11.5 Å². The summed E-state index contributed by atoms with van der Waals surface area (Å²) >= 11 is 0. The maximum absolute atomic E-state index is 12.5. The minimum absolute atomic E-state index is 0.0602. The van der Waals surface area contributed by atoms with Gasteiger partial charge < -0.3 is 19.1 Å². The van der Waals surface area contributed by atoms with Gasteiger partial charge in [-0.25, -0.2) is 0 Å². The molecule has 7 nitrogen and oxygen atoms in total. The smallest absolute Gasteiger partial charge is 0.387 e. The van der Waals surface area contributed by atoms with Crippen LogP contribution in [0.1, 0.15) is 45.4 Å². The summed E-state index contributed by atoms with van der Waals surface area (Å²) < 4.78 is 40.0. The van der Waals surface area contributed by atoms with Crippen LogP contribution in [-0.2, 0) is 6.54 Å². The fourth-order valence-electron chi connectivity index (χ4n) is 3.75. The minimum Gasteiger partial charge on any atom is -0.493 e. The van der Waals surface area contributed by atoms with E-state index in [1.54, 1.807) is 6.07 Å². The van der Waals surface area contributed by atoms with E-state index in [9.17, 15) is 13.9 Å². The zero-order valence-corrected chi connectivity index (χ0v) is 16.8. The third-order valence-electron chi connectivity index (χ3n) is 5.21. The Hall–Kier alpha value is -2.26. The Labute approximate surface area is 168 Å². The number of methoxy groups -OCH3 is 1. The van der Waals surface area contributed by atoms with Gasteiger partial charge in [0.25, 0.3) is 0 Å². The molecule has 1 fully saturated rings. The highest BCUT2D eigenvalue weighted by Gasteiger charge is 2.31. The average Bonchev–Trinajstić information content (AvgIpc) is 3.15. The van der Waals surface area contributed by atoms with Crippen molar-refractivity contribution in [2.24, 2.45) is 0 Å². The molecule has 1 aromatic carbocycles. The van der Waals surface area contributed by atoms with E-state index >= 15 is 0 Å². The van der Waals surface area contributed by atoms with Crippen molar-refractivity contribution < 1.29 is 27.9 Å². The molecule has 0 unspecified atom stereocenters. The molecule has 160 valence electrons. The number of nitrogens with zero attached hydrogens (tertiary/aromatic N) is 3. The summed E-state index contributed by atoms with van der Waals surface area (Å²) in [7, 11) is 1.37. The highest BCUT2D eigenvalue weighted by atomic mass is 19.3. The Morgan fingerprint density at radius 1 is 1.24 bits per heavy atom. The highest BCUT2D eigenvalue weighted by Crippen LogP contribution is 2.33. The van der Waals surface area contributed by atoms with E-state index in [-0.39, 0.29) is 29.7 Å². The first kappa shape index (κ1) is 21.4. The molecule has 29 heavy (non-hydrogen) atoms. The normalized spacial score (nSPS) is 19.9. The molecule has 1 saturated carbocycles. The first-order valence-electron chi connectivity index (χ1n) is 9.78. The van der Waals surface area contributed by atoms with Crippen LogP contribution in [0, 0.1) is 0 Å². The topological polar surface area (TPSA) is 80.9 Å². The first-order valence-corrected chi connectivity index (χ1v) is 9.78. The van der Waals surface area contributed by atoms with Gasteiger partial charge in [0.15, 0.2) is 11.5 Å². The lowest BCUT2D eigenvalue weighted by Gasteiger charge is -2.39. The molecule has 3 rings (SSSR count). The fourth-order valence-corrected chi connectivity index (χ4v) is 3.75. The van der Waals surface area contributed by atoms with Crippen molar-refractivity contribution >= 4 is 0 Å². The van der Waals surface area contributed by atoms with Gasteiger partial charge in [-0.2, -0.15) is 13.8 Å². The maximum Gasteiger partial charge on any atom is 0.387 e. The van der Waals surface area contributed by atoms with Gasteiger partial charge in [0.1, 0.15) is 0 Å². The van der Waals surface area contributed by atoms with Crippen LogP contribution in [0.2, 0.25) is 0 Å². The van der Waals surface area contributed by atoms with Crippen LogP contribution in [0.15, 0.2) is 22.7 Å². The molecule has 2 aromatic rings. The quantitative estimate of drug-likeness (QED) is 0.706. The Kier molecular flexibility index (Phi) is 7.02. The number of aliphatic hydroxyl groups is 1. The van der Waals surface area contributed by atoms with Gasteiger partial charge in [-0.15, -0.1) is 0 Å². The Morgan fingerprint density at radius 3 is 2.66 bits per heavy atom. The van der Waals surface area contributed by atoms with Crippen LogP contribution in [0.3, 0.4) is 0 Å². The van der Waals surface area contributed by atoms with E-state index in [4.69, 9.17) is 9.26 Å². The SMILES string of the molecule is COc1cc(-c2noc(CN(C(C)C)[C@H]3CCCC[C@@H]3O)n2)ccc1OC(F)F. The molecule has 1 aliphatic rings. The first-order chi connectivity index (χ1) is 13.9. The second-order valence-electron chi connectivity index (χ2n) is 7.44. The van der Waals surface area contributed by atoms with E-state index in [0.717, 1.165) is 25.7 Å². The predicted octanol–water partition coefficient (Wildman–Crippen LogP) is 3.86. The summed E-state index contributed by atoms with van der Waals surface area (Å²) in [5.74, 6) is 0.851. The van der Waals surface area contributed by atoms with Gasteiger partial charge in [-0.1, -0.05) is 18.0 Å². The number of ether oxygens (including phenoxy) is 2. The molecule has 2 atom stereocenters.